The van der Waals surface area contributed by atoms with E-state index < -0.39 is 5.91 Å². The number of carbonyl (C=O) groups excluding carboxylic acids is 1. The van der Waals surface area contributed by atoms with Gasteiger partial charge in [0.15, 0.2) is 12.6 Å². The summed E-state index contributed by atoms with van der Waals surface area (Å²) in [5, 5.41) is 17.0. The van der Waals surface area contributed by atoms with Crippen molar-refractivity contribution in [3.05, 3.63) is 29.8 Å². The third-order valence-electron chi connectivity index (χ3n) is 4.98. The molecule has 0 saturated heterocycles. The molecule has 0 radical (unpaired) electrons. The maximum Gasteiger partial charge on any atom is 0.255 e. The van der Waals surface area contributed by atoms with E-state index in [1.54, 1.807) is 6.07 Å². The van der Waals surface area contributed by atoms with E-state index >= 15 is 0 Å². The van der Waals surface area contributed by atoms with Gasteiger partial charge in [0.25, 0.3) is 5.91 Å². The Morgan fingerprint density at radius 2 is 2.22 bits per heavy atom. The van der Waals surface area contributed by atoms with Crippen LogP contribution >= 0.6 is 0 Å². The zero-order chi connectivity index (χ0) is 19.7. The van der Waals surface area contributed by atoms with E-state index in [0.717, 1.165) is 43.8 Å². The van der Waals surface area contributed by atoms with Crippen molar-refractivity contribution in [1.82, 2.24) is 10.6 Å². The first kappa shape index (κ1) is 21.0. The molecule has 2 atom stereocenters. The standard InChI is InChI=1S/C20H32N4O3/c1-3-22-19(24-14-20(2)10-5-4-9-17(20)25)23-12-15-7-6-8-16(11-15)27-13-18(21)26/h6-8,11,17,25H,3-5,9-10,12-14H2,1-2H3,(H2,21,26)(H2,22,23,24). The van der Waals surface area contributed by atoms with Gasteiger partial charge in [-0.25, -0.2) is 4.99 Å². The second-order valence-corrected chi connectivity index (χ2v) is 7.37. The Kier molecular flexibility index (Phi) is 7.91. The summed E-state index contributed by atoms with van der Waals surface area (Å²) in [5.41, 5.74) is 5.95. The van der Waals surface area contributed by atoms with Gasteiger partial charge in [0.05, 0.1) is 12.6 Å². The molecule has 1 aliphatic rings. The van der Waals surface area contributed by atoms with Crippen LogP contribution < -0.4 is 21.1 Å². The molecule has 0 bridgehead atoms. The average molecular weight is 377 g/mol. The third-order valence-corrected chi connectivity index (χ3v) is 4.98. The van der Waals surface area contributed by atoms with Gasteiger partial charge in [-0.1, -0.05) is 31.9 Å². The lowest BCUT2D eigenvalue weighted by atomic mass is 9.73. The Balaban J connectivity index is 1.96. The van der Waals surface area contributed by atoms with Crippen molar-refractivity contribution in [3.8, 4) is 5.75 Å². The highest BCUT2D eigenvalue weighted by molar-refractivity contribution is 5.79. The monoisotopic (exact) mass is 376 g/mol. The number of aliphatic imine (C=N–C) groups is 1. The smallest absolute Gasteiger partial charge is 0.255 e. The molecule has 7 nitrogen and oxygen atoms in total. The molecule has 5 N–H and O–H groups in total. The molecule has 0 aromatic heterocycles. The SMILES string of the molecule is CCNC(=NCc1cccc(OCC(N)=O)c1)NCC1(C)CCCCC1O. The lowest BCUT2D eigenvalue weighted by Gasteiger charge is -2.38. The minimum atomic E-state index is -0.504. The third kappa shape index (κ3) is 6.75. The number of hydrogen-bond acceptors (Lipinski definition) is 4. The van der Waals surface area contributed by atoms with E-state index in [4.69, 9.17) is 10.5 Å². The summed E-state index contributed by atoms with van der Waals surface area (Å²) in [7, 11) is 0. The van der Waals surface area contributed by atoms with Crippen molar-refractivity contribution in [2.75, 3.05) is 19.7 Å². The fraction of sp³-hybridized carbons (Fsp3) is 0.600. The minimum absolute atomic E-state index is 0.128. The summed E-state index contributed by atoms with van der Waals surface area (Å²) < 4.78 is 5.33. The number of rotatable bonds is 8. The van der Waals surface area contributed by atoms with Gasteiger partial charge < -0.3 is 26.2 Å². The molecule has 1 aromatic carbocycles. The fourth-order valence-electron chi connectivity index (χ4n) is 3.27. The Morgan fingerprint density at radius 1 is 1.41 bits per heavy atom. The molecule has 150 valence electrons. The number of nitrogens with two attached hydrogens (primary N) is 1. The van der Waals surface area contributed by atoms with E-state index in [-0.39, 0.29) is 18.1 Å². The van der Waals surface area contributed by atoms with Crippen LogP contribution in [0.3, 0.4) is 0 Å². The quantitative estimate of drug-likeness (QED) is 0.407. The highest BCUT2D eigenvalue weighted by Crippen LogP contribution is 2.35. The number of nitrogens with one attached hydrogen (secondary N) is 2. The van der Waals surface area contributed by atoms with Crippen LogP contribution in [0.2, 0.25) is 0 Å². The average Bonchev–Trinajstić information content (AvgIpc) is 2.65. The molecule has 1 aliphatic carbocycles. The van der Waals surface area contributed by atoms with Gasteiger partial charge in [0, 0.05) is 18.5 Å². The van der Waals surface area contributed by atoms with Crippen LogP contribution in [0.1, 0.15) is 45.1 Å². The first-order valence-electron chi connectivity index (χ1n) is 9.63. The summed E-state index contributed by atoms with van der Waals surface area (Å²) in [5.74, 6) is 0.813. The van der Waals surface area contributed by atoms with Crippen LogP contribution in [0.25, 0.3) is 0 Å². The molecule has 0 aliphatic heterocycles. The molecule has 27 heavy (non-hydrogen) atoms. The number of amides is 1. The number of ether oxygens (including phenoxy) is 1. The summed E-state index contributed by atoms with van der Waals surface area (Å²) in [6.07, 6.45) is 3.85. The molecular formula is C20H32N4O3. The van der Waals surface area contributed by atoms with Crippen LogP contribution in [0.5, 0.6) is 5.75 Å². The zero-order valence-electron chi connectivity index (χ0n) is 16.3. The lowest BCUT2D eigenvalue weighted by molar-refractivity contribution is -0.119. The number of guanidine groups is 1. The first-order valence-corrected chi connectivity index (χ1v) is 9.63. The lowest BCUT2D eigenvalue weighted by Crippen LogP contribution is -2.48. The van der Waals surface area contributed by atoms with Gasteiger partial charge in [-0.2, -0.15) is 0 Å². The van der Waals surface area contributed by atoms with Gasteiger partial charge >= 0.3 is 0 Å². The predicted octanol–water partition coefficient (Wildman–Crippen LogP) is 1.55. The number of aliphatic hydroxyl groups excluding tert-OH is 1. The fourth-order valence-corrected chi connectivity index (χ4v) is 3.27. The molecule has 1 fully saturated rings. The van der Waals surface area contributed by atoms with Gasteiger partial charge in [-0.15, -0.1) is 0 Å². The maximum absolute atomic E-state index is 10.8. The second-order valence-electron chi connectivity index (χ2n) is 7.37. The number of nitrogens with zero attached hydrogens (tertiary/aromatic N) is 1. The van der Waals surface area contributed by atoms with Crippen molar-refractivity contribution in [2.45, 2.75) is 52.2 Å². The number of primary amides is 1. The van der Waals surface area contributed by atoms with E-state index in [0.29, 0.717) is 18.8 Å². The summed E-state index contributed by atoms with van der Waals surface area (Å²) in [6, 6.07) is 7.45. The largest absolute Gasteiger partial charge is 0.484 e. The summed E-state index contributed by atoms with van der Waals surface area (Å²) in [6.45, 7) is 5.93. The predicted molar refractivity (Wildman–Crippen MR) is 107 cm³/mol. The highest BCUT2D eigenvalue weighted by Gasteiger charge is 2.35. The van der Waals surface area contributed by atoms with Gasteiger partial charge in [-0.05, 0) is 37.5 Å². The van der Waals surface area contributed by atoms with Crippen LogP contribution in [-0.2, 0) is 11.3 Å². The molecule has 1 saturated carbocycles. The van der Waals surface area contributed by atoms with Gasteiger partial charge in [0.1, 0.15) is 5.75 Å². The first-order chi connectivity index (χ1) is 12.9. The molecule has 1 aromatic rings. The minimum Gasteiger partial charge on any atom is -0.484 e. The molecule has 0 spiro atoms. The maximum atomic E-state index is 10.8. The summed E-state index contributed by atoms with van der Waals surface area (Å²) >= 11 is 0. The van der Waals surface area contributed by atoms with E-state index in [9.17, 15) is 9.90 Å². The van der Waals surface area contributed by atoms with E-state index in [2.05, 4.69) is 22.5 Å². The molecule has 2 rings (SSSR count). The number of carbonyl (C=O) groups is 1. The number of hydrogen-bond donors (Lipinski definition) is 4. The van der Waals surface area contributed by atoms with Gasteiger partial charge in [-0.3, -0.25) is 4.79 Å². The van der Waals surface area contributed by atoms with E-state index in [1.165, 1.54) is 0 Å². The van der Waals surface area contributed by atoms with Crippen molar-refractivity contribution in [1.29, 1.82) is 0 Å². The van der Waals surface area contributed by atoms with Gasteiger partial charge in [0.2, 0.25) is 0 Å². The molecule has 7 heteroatoms. The van der Waals surface area contributed by atoms with Crippen molar-refractivity contribution >= 4 is 11.9 Å². The Bertz CT molecular complexity index is 650. The van der Waals surface area contributed by atoms with Crippen molar-refractivity contribution < 1.29 is 14.6 Å². The highest BCUT2D eigenvalue weighted by atomic mass is 16.5. The van der Waals surface area contributed by atoms with Crippen molar-refractivity contribution in [3.63, 3.8) is 0 Å². The number of benzene rings is 1. The summed E-state index contributed by atoms with van der Waals surface area (Å²) in [4.78, 5) is 15.5. The zero-order valence-corrected chi connectivity index (χ0v) is 16.3. The number of aliphatic hydroxyl groups is 1. The van der Waals surface area contributed by atoms with Crippen LogP contribution in [0.15, 0.2) is 29.3 Å². The molecular weight excluding hydrogens is 344 g/mol. The van der Waals surface area contributed by atoms with E-state index in [1.807, 2.05) is 25.1 Å². The Hall–Kier alpha value is -2.28. The van der Waals surface area contributed by atoms with Crippen LogP contribution in [0, 0.1) is 5.41 Å². The molecule has 0 heterocycles. The van der Waals surface area contributed by atoms with Crippen molar-refractivity contribution in [2.24, 2.45) is 16.1 Å². The molecule has 1 amide bonds. The van der Waals surface area contributed by atoms with Crippen LogP contribution in [-0.4, -0.2) is 42.8 Å². The topological polar surface area (TPSA) is 109 Å². The Labute approximate surface area is 161 Å². The normalized spacial score (nSPS) is 22.9. The second kappa shape index (κ2) is 10.2. The molecule has 2 unspecified atom stereocenters. The van der Waals surface area contributed by atoms with Crippen LogP contribution in [0.4, 0.5) is 0 Å². The Morgan fingerprint density at radius 3 is 2.93 bits per heavy atom.